The minimum absolute atomic E-state index is 0.148. The number of carbonyl (C=O) groups is 1. The Morgan fingerprint density at radius 2 is 2.15 bits per heavy atom. The molecule has 4 heteroatoms. The molecule has 0 fully saturated rings. The average Bonchev–Trinajstić information content (AvgIpc) is 2.16. The van der Waals surface area contributed by atoms with E-state index in [1.165, 1.54) is 25.3 Å². The topological polar surface area (TPSA) is 52.3 Å². The first-order valence-electron chi connectivity index (χ1n) is 3.74. The van der Waals surface area contributed by atoms with E-state index in [9.17, 15) is 9.18 Å². The molecule has 1 aromatic carbocycles. The van der Waals surface area contributed by atoms with E-state index in [4.69, 9.17) is 5.73 Å². The van der Waals surface area contributed by atoms with Gasteiger partial charge in [0.15, 0.2) is 0 Å². The first-order chi connectivity index (χ1) is 6.16. The number of esters is 1. The Kier molecular flexibility index (Phi) is 2.97. The Balaban J connectivity index is 2.95. The molecule has 1 rings (SSSR count). The average molecular weight is 183 g/mol. The molecule has 70 valence electrons. The van der Waals surface area contributed by atoms with Gasteiger partial charge >= 0.3 is 5.97 Å². The van der Waals surface area contributed by atoms with Crippen molar-refractivity contribution in [2.24, 2.45) is 5.73 Å². The number of carbonyl (C=O) groups excluding carboxylic acids is 1. The van der Waals surface area contributed by atoms with Crippen LogP contribution in [-0.4, -0.2) is 13.1 Å². The highest BCUT2D eigenvalue weighted by atomic mass is 19.1. The van der Waals surface area contributed by atoms with Crippen molar-refractivity contribution < 1.29 is 13.9 Å². The van der Waals surface area contributed by atoms with Crippen LogP contribution in [0.5, 0.6) is 0 Å². The second-order valence-corrected chi connectivity index (χ2v) is 2.52. The van der Waals surface area contributed by atoms with Crippen molar-refractivity contribution in [1.29, 1.82) is 0 Å². The summed E-state index contributed by atoms with van der Waals surface area (Å²) in [4.78, 5) is 11.0. The Bertz CT molecular complexity index is 314. The van der Waals surface area contributed by atoms with Gasteiger partial charge in [0.1, 0.15) is 11.9 Å². The normalized spacial score (nSPS) is 12.2. The lowest BCUT2D eigenvalue weighted by Crippen LogP contribution is -2.23. The number of hydrogen-bond donors (Lipinski definition) is 1. The van der Waals surface area contributed by atoms with E-state index in [-0.39, 0.29) is 5.56 Å². The monoisotopic (exact) mass is 183 g/mol. The molecule has 0 spiro atoms. The van der Waals surface area contributed by atoms with Gasteiger partial charge in [0.25, 0.3) is 0 Å². The molecule has 3 nitrogen and oxygen atoms in total. The van der Waals surface area contributed by atoms with Crippen molar-refractivity contribution in [1.82, 2.24) is 0 Å². The van der Waals surface area contributed by atoms with E-state index in [0.717, 1.165) is 0 Å². The molecule has 13 heavy (non-hydrogen) atoms. The largest absolute Gasteiger partial charge is 0.468 e. The predicted molar refractivity (Wildman–Crippen MR) is 45.3 cm³/mol. The number of benzene rings is 1. The standard InChI is InChI=1S/C9H10FNO2/c1-13-9(12)8(11)6-4-2-3-5-7(6)10/h2-5,8H,11H2,1H3/t8-/m1/s1. The number of nitrogens with two attached hydrogens (primary N) is 1. The van der Waals surface area contributed by atoms with Crippen LogP contribution < -0.4 is 5.73 Å². The number of hydrogen-bond acceptors (Lipinski definition) is 3. The zero-order valence-corrected chi connectivity index (χ0v) is 7.16. The van der Waals surface area contributed by atoms with E-state index >= 15 is 0 Å². The molecule has 0 aromatic heterocycles. The molecule has 0 aliphatic rings. The van der Waals surface area contributed by atoms with Crippen LogP contribution in [0, 0.1) is 5.82 Å². The second kappa shape index (κ2) is 4.00. The van der Waals surface area contributed by atoms with Crippen LogP contribution >= 0.6 is 0 Å². The van der Waals surface area contributed by atoms with Crippen molar-refractivity contribution >= 4 is 5.97 Å². The van der Waals surface area contributed by atoms with Crippen LogP contribution in [0.15, 0.2) is 24.3 Å². The maximum Gasteiger partial charge on any atom is 0.327 e. The highest BCUT2D eigenvalue weighted by Crippen LogP contribution is 2.15. The molecule has 0 aliphatic carbocycles. The van der Waals surface area contributed by atoms with Gasteiger partial charge in [0, 0.05) is 5.56 Å². The molecule has 1 aromatic rings. The van der Waals surface area contributed by atoms with Gasteiger partial charge in [-0.25, -0.2) is 4.39 Å². The fourth-order valence-electron chi connectivity index (χ4n) is 0.981. The minimum atomic E-state index is -1.05. The lowest BCUT2D eigenvalue weighted by Gasteiger charge is -2.09. The van der Waals surface area contributed by atoms with Crippen molar-refractivity contribution in [3.05, 3.63) is 35.6 Å². The van der Waals surface area contributed by atoms with Gasteiger partial charge in [-0.15, -0.1) is 0 Å². The van der Waals surface area contributed by atoms with Gasteiger partial charge in [0.05, 0.1) is 7.11 Å². The lowest BCUT2D eigenvalue weighted by molar-refractivity contribution is -0.142. The van der Waals surface area contributed by atoms with Gasteiger partial charge in [-0.05, 0) is 6.07 Å². The van der Waals surface area contributed by atoms with Crippen LogP contribution in [0.1, 0.15) is 11.6 Å². The Morgan fingerprint density at radius 3 is 2.69 bits per heavy atom. The van der Waals surface area contributed by atoms with Gasteiger partial charge in [0.2, 0.25) is 0 Å². The number of ether oxygens (including phenoxy) is 1. The molecule has 0 amide bonds. The zero-order valence-electron chi connectivity index (χ0n) is 7.16. The fraction of sp³-hybridized carbons (Fsp3) is 0.222. The molecule has 1 atom stereocenters. The van der Waals surface area contributed by atoms with Gasteiger partial charge < -0.3 is 10.5 Å². The van der Waals surface area contributed by atoms with Crippen LogP contribution in [-0.2, 0) is 9.53 Å². The fourth-order valence-corrected chi connectivity index (χ4v) is 0.981. The number of halogens is 1. The number of rotatable bonds is 2. The van der Waals surface area contributed by atoms with E-state index in [0.29, 0.717) is 0 Å². The predicted octanol–water partition coefficient (Wildman–Crippen LogP) is 0.998. The Labute approximate surface area is 75.3 Å². The van der Waals surface area contributed by atoms with Gasteiger partial charge in [-0.2, -0.15) is 0 Å². The molecule has 0 heterocycles. The summed E-state index contributed by atoms with van der Waals surface area (Å²) in [5.74, 6) is -1.15. The van der Waals surface area contributed by atoms with Crippen molar-refractivity contribution in [2.45, 2.75) is 6.04 Å². The lowest BCUT2D eigenvalue weighted by atomic mass is 10.1. The van der Waals surface area contributed by atoms with Crippen molar-refractivity contribution in [3.63, 3.8) is 0 Å². The summed E-state index contributed by atoms with van der Waals surface area (Å²) >= 11 is 0. The summed E-state index contributed by atoms with van der Waals surface area (Å²) in [7, 11) is 1.21. The molecule has 0 saturated carbocycles. The molecular formula is C9H10FNO2. The SMILES string of the molecule is COC(=O)[C@H](N)c1ccccc1F. The van der Waals surface area contributed by atoms with Crippen LogP contribution in [0.25, 0.3) is 0 Å². The summed E-state index contributed by atoms with van der Waals surface area (Å²) in [6, 6.07) is 4.80. The summed E-state index contributed by atoms with van der Waals surface area (Å²) in [6.07, 6.45) is 0. The van der Waals surface area contributed by atoms with Crippen LogP contribution in [0.4, 0.5) is 4.39 Å². The molecule has 0 unspecified atom stereocenters. The third-order valence-corrected chi connectivity index (χ3v) is 1.70. The summed E-state index contributed by atoms with van der Waals surface area (Å²) in [5.41, 5.74) is 5.58. The van der Waals surface area contributed by atoms with Crippen molar-refractivity contribution in [3.8, 4) is 0 Å². The molecular weight excluding hydrogens is 173 g/mol. The third-order valence-electron chi connectivity index (χ3n) is 1.70. The molecule has 0 bridgehead atoms. The quantitative estimate of drug-likeness (QED) is 0.696. The summed E-state index contributed by atoms with van der Waals surface area (Å²) < 4.78 is 17.4. The Morgan fingerprint density at radius 1 is 1.54 bits per heavy atom. The van der Waals surface area contributed by atoms with Crippen molar-refractivity contribution in [2.75, 3.05) is 7.11 Å². The zero-order chi connectivity index (χ0) is 9.84. The molecule has 0 radical (unpaired) electrons. The summed E-state index contributed by atoms with van der Waals surface area (Å²) in [5, 5.41) is 0. The van der Waals surface area contributed by atoms with Gasteiger partial charge in [-0.1, -0.05) is 18.2 Å². The molecule has 0 saturated heterocycles. The Hall–Kier alpha value is -1.42. The first kappa shape index (κ1) is 9.67. The minimum Gasteiger partial charge on any atom is -0.468 e. The van der Waals surface area contributed by atoms with Gasteiger partial charge in [-0.3, -0.25) is 4.79 Å². The maximum absolute atomic E-state index is 13.0. The highest BCUT2D eigenvalue weighted by molar-refractivity contribution is 5.77. The third kappa shape index (κ3) is 2.03. The van der Waals surface area contributed by atoms with E-state index in [2.05, 4.69) is 4.74 Å². The number of methoxy groups -OCH3 is 1. The molecule has 2 N–H and O–H groups in total. The molecule has 0 aliphatic heterocycles. The van der Waals surface area contributed by atoms with Crippen LogP contribution in [0.3, 0.4) is 0 Å². The smallest absolute Gasteiger partial charge is 0.327 e. The summed E-state index contributed by atoms with van der Waals surface area (Å²) in [6.45, 7) is 0. The second-order valence-electron chi connectivity index (χ2n) is 2.52. The van der Waals surface area contributed by atoms with E-state index in [1.54, 1.807) is 6.07 Å². The first-order valence-corrected chi connectivity index (χ1v) is 3.74. The van der Waals surface area contributed by atoms with E-state index in [1.807, 2.05) is 0 Å². The van der Waals surface area contributed by atoms with Crippen LogP contribution in [0.2, 0.25) is 0 Å². The maximum atomic E-state index is 13.0. The van der Waals surface area contributed by atoms with E-state index < -0.39 is 17.8 Å². The highest BCUT2D eigenvalue weighted by Gasteiger charge is 2.18.